The van der Waals surface area contributed by atoms with E-state index in [-0.39, 0.29) is 12.2 Å². The highest BCUT2D eigenvalue weighted by Gasteiger charge is 2.23. The van der Waals surface area contributed by atoms with Crippen molar-refractivity contribution in [2.24, 2.45) is 0 Å². The minimum atomic E-state index is -0.847. The van der Waals surface area contributed by atoms with Crippen LogP contribution >= 0.6 is 0 Å². The molecule has 1 aromatic rings. The van der Waals surface area contributed by atoms with Gasteiger partial charge in [0.05, 0.1) is 12.2 Å². The van der Waals surface area contributed by atoms with E-state index in [1.165, 1.54) is 6.07 Å². The fourth-order valence-corrected chi connectivity index (χ4v) is 1.38. The van der Waals surface area contributed by atoms with E-state index in [4.69, 9.17) is 0 Å². The fourth-order valence-electron chi connectivity index (χ4n) is 1.38. The maximum Gasteiger partial charge on any atom is 0.341 e. The summed E-state index contributed by atoms with van der Waals surface area (Å²) in [6.45, 7) is 0.189. The molecule has 2 rings (SSSR count). The number of hydrogen-bond acceptors (Lipinski definition) is 2. The molecule has 1 aromatic carbocycles. The molecule has 0 bridgehead atoms. The summed E-state index contributed by atoms with van der Waals surface area (Å²) in [5, 5.41) is 0. The van der Waals surface area contributed by atoms with Gasteiger partial charge < -0.3 is 4.74 Å². The molecule has 4 heteroatoms. The van der Waals surface area contributed by atoms with Crippen molar-refractivity contribution >= 4 is 5.97 Å². The Bertz CT molecular complexity index is 374. The lowest BCUT2D eigenvalue weighted by Crippen LogP contribution is -2.19. The Morgan fingerprint density at radius 3 is 2.85 bits per heavy atom. The van der Waals surface area contributed by atoms with Crippen LogP contribution in [0, 0.1) is 11.6 Å². The van der Waals surface area contributed by atoms with Crippen molar-refractivity contribution in [3.8, 4) is 0 Å². The van der Waals surface area contributed by atoms with E-state index in [1.807, 2.05) is 0 Å². The summed E-state index contributed by atoms with van der Waals surface area (Å²) in [5.41, 5.74) is 0.251. The number of halogens is 2. The zero-order valence-corrected chi connectivity index (χ0v) is 6.64. The van der Waals surface area contributed by atoms with Crippen LogP contribution in [0.15, 0.2) is 12.1 Å². The van der Waals surface area contributed by atoms with Crippen molar-refractivity contribution in [3.63, 3.8) is 0 Å². The molecule has 0 atom stereocenters. The molecule has 1 aliphatic rings. The molecule has 0 spiro atoms. The molecule has 13 heavy (non-hydrogen) atoms. The highest BCUT2D eigenvalue weighted by molar-refractivity contribution is 5.92. The smallest absolute Gasteiger partial charge is 0.341 e. The van der Waals surface area contributed by atoms with Crippen LogP contribution in [0.3, 0.4) is 0 Å². The van der Waals surface area contributed by atoms with E-state index in [0.29, 0.717) is 18.1 Å². The SMILES string of the molecule is O=C1OCCc2cc(F)cc(F)c21. The molecule has 1 heterocycles. The van der Waals surface area contributed by atoms with Gasteiger partial charge in [-0.05, 0) is 11.6 Å². The second-order valence-corrected chi connectivity index (χ2v) is 2.81. The Hall–Kier alpha value is -1.45. The first kappa shape index (κ1) is 8.16. The molecule has 0 saturated carbocycles. The summed E-state index contributed by atoms with van der Waals surface area (Å²) in [6.07, 6.45) is 0.371. The van der Waals surface area contributed by atoms with E-state index in [9.17, 15) is 13.6 Å². The molecule has 0 aromatic heterocycles. The number of fused-ring (bicyclic) bond motifs is 1. The van der Waals surface area contributed by atoms with Gasteiger partial charge in [0.25, 0.3) is 0 Å². The lowest BCUT2D eigenvalue weighted by atomic mass is 10.0. The quantitative estimate of drug-likeness (QED) is 0.573. The summed E-state index contributed by atoms with van der Waals surface area (Å²) >= 11 is 0. The van der Waals surface area contributed by atoms with Crippen LogP contribution in [0.2, 0.25) is 0 Å². The number of esters is 1. The molecule has 0 amide bonds. The van der Waals surface area contributed by atoms with E-state index in [0.717, 1.165) is 0 Å². The number of carbonyl (C=O) groups excluding carboxylic acids is 1. The van der Waals surface area contributed by atoms with Crippen LogP contribution in [0.5, 0.6) is 0 Å². The van der Waals surface area contributed by atoms with Crippen LogP contribution in [-0.2, 0) is 11.2 Å². The van der Waals surface area contributed by atoms with Crippen molar-refractivity contribution in [3.05, 3.63) is 34.9 Å². The Morgan fingerprint density at radius 2 is 2.08 bits per heavy atom. The van der Waals surface area contributed by atoms with E-state index < -0.39 is 17.6 Å². The summed E-state index contributed by atoms with van der Waals surface area (Å²) in [4.78, 5) is 11.0. The number of hydrogen-bond donors (Lipinski definition) is 0. The van der Waals surface area contributed by atoms with Gasteiger partial charge in [-0.2, -0.15) is 0 Å². The summed E-state index contributed by atoms with van der Waals surface area (Å²) in [7, 11) is 0. The molecule has 0 N–H and O–H groups in total. The topological polar surface area (TPSA) is 26.3 Å². The van der Waals surface area contributed by atoms with Gasteiger partial charge in [-0.3, -0.25) is 0 Å². The predicted octanol–water partition coefficient (Wildman–Crippen LogP) is 1.68. The minimum absolute atomic E-state index is 0.132. The first-order valence-electron chi connectivity index (χ1n) is 3.83. The van der Waals surface area contributed by atoms with Gasteiger partial charge in [-0.15, -0.1) is 0 Å². The minimum Gasteiger partial charge on any atom is -0.462 e. The summed E-state index contributed by atoms with van der Waals surface area (Å²) in [5.74, 6) is -2.22. The largest absolute Gasteiger partial charge is 0.462 e. The second-order valence-electron chi connectivity index (χ2n) is 2.81. The predicted molar refractivity (Wildman–Crippen MR) is 40.3 cm³/mol. The number of benzene rings is 1. The average molecular weight is 184 g/mol. The highest BCUT2D eigenvalue weighted by Crippen LogP contribution is 2.21. The summed E-state index contributed by atoms with van der Waals surface area (Å²) in [6, 6.07) is 1.85. The van der Waals surface area contributed by atoms with Crippen molar-refractivity contribution in [1.82, 2.24) is 0 Å². The van der Waals surface area contributed by atoms with Crippen LogP contribution < -0.4 is 0 Å². The fraction of sp³-hybridized carbons (Fsp3) is 0.222. The molecule has 0 unspecified atom stereocenters. The van der Waals surface area contributed by atoms with E-state index in [1.54, 1.807) is 0 Å². The van der Waals surface area contributed by atoms with Crippen molar-refractivity contribution < 1.29 is 18.3 Å². The molecule has 0 saturated heterocycles. The Balaban J connectivity index is 2.63. The lowest BCUT2D eigenvalue weighted by Gasteiger charge is -2.15. The van der Waals surface area contributed by atoms with Crippen molar-refractivity contribution in [2.45, 2.75) is 6.42 Å². The highest BCUT2D eigenvalue weighted by atomic mass is 19.1. The molecule has 68 valence electrons. The molecule has 2 nitrogen and oxygen atoms in total. The van der Waals surface area contributed by atoms with Gasteiger partial charge in [-0.1, -0.05) is 0 Å². The van der Waals surface area contributed by atoms with Gasteiger partial charge >= 0.3 is 5.97 Å². The molecule has 0 radical (unpaired) electrons. The molecule has 0 fully saturated rings. The van der Waals surface area contributed by atoms with Crippen LogP contribution in [0.4, 0.5) is 8.78 Å². The number of ether oxygens (including phenoxy) is 1. The Kier molecular flexibility index (Phi) is 1.76. The molecular formula is C9H6F2O2. The van der Waals surface area contributed by atoms with Gasteiger partial charge in [0.1, 0.15) is 11.6 Å². The second kappa shape index (κ2) is 2.80. The molecular weight excluding hydrogens is 178 g/mol. The van der Waals surface area contributed by atoms with Crippen LogP contribution in [0.25, 0.3) is 0 Å². The molecule has 1 aliphatic heterocycles. The lowest BCUT2D eigenvalue weighted by molar-refractivity contribution is 0.0473. The van der Waals surface area contributed by atoms with Gasteiger partial charge in [0, 0.05) is 12.5 Å². The maximum absolute atomic E-state index is 13.0. The van der Waals surface area contributed by atoms with E-state index in [2.05, 4.69) is 4.74 Å². The maximum atomic E-state index is 13.0. The molecule has 0 aliphatic carbocycles. The third kappa shape index (κ3) is 1.28. The van der Waals surface area contributed by atoms with Gasteiger partial charge in [-0.25, -0.2) is 13.6 Å². The van der Waals surface area contributed by atoms with E-state index >= 15 is 0 Å². The third-order valence-electron chi connectivity index (χ3n) is 1.95. The van der Waals surface area contributed by atoms with Crippen molar-refractivity contribution in [2.75, 3.05) is 6.61 Å². The Labute approximate surface area is 73.1 Å². The monoisotopic (exact) mass is 184 g/mol. The zero-order chi connectivity index (χ0) is 9.42. The van der Waals surface area contributed by atoms with Gasteiger partial charge in [0.2, 0.25) is 0 Å². The third-order valence-corrected chi connectivity index (χ3v) is 1.95. The normalized spacial score (nSPS) is 15.1. The summed E-state index contributed by atoms with van der Waals surface area (Å²) < 4.78 is 30.4. The average Bonchev–Trinajstić information content (AvgIpc) is 2.02. The standard InChI is InChI=1S/C9H6F2O2/c10-6-3-5-1-2-13-9(12)8(5)7(11)4-6/h3-4H,1-2H2. The zero-order valence-electron chi connectivity index (χ0n) is 6.64. The number of rotatable bonds is 0. The number of carbonyl (C=O) groups is 1. The van der Waals surface area contributed by atoms with Crippen LogP contribution in [0.1, 0.15) is 15.9 Å². The Morgan fingerprint density at radius 1 is 1.31 bits per heavy atom. The van der Waals surface area contributed by atoms with Crippen LogP contribution in [-0.4, -0.2) is 12.6 Å². The number of cyclic esters (lactones) is 1. The first-order valence-corrected chi connectivity index (χ1v) is 3.83. The van der Waals surface area contributed by atoms with Crippen molar-refractivity contribution in [1.29, 1.82) is 0 Å². The van der Waals surface area contributed by atoms with Gasteiger partial charge in [0.15, 0.2) is 0 Å². The first-order chi connectivity index (χ1) is 6.18.